The lowest BCUT2D eigenvalue weighted by Gasteiger charge is -2.22. The van der Waals surface area contributed by atoms with Crippen molar-refractivity contribution in [1.29, 1.82) is 0 Å². The molecule has 92 valence electrons. The standard InChI is InChI=1S/C11H15N3O2S/c1-7(6-15)14(2)11(16)9-4-3-8(5-13-9)10(12)17/h3-5,7,15H,6H2,1-2H3,(H2,12,17). The van der Waals surface area contributed by atoms with Crippen LogP contribution >= 0.6 is 12.2 Å². The van der Waals surface area contributed by atoms with Crippen LogP contribution in [0.3, 0.4) is 0 Å². The van der Waals surface area contributed by atoms with Crippen LogP contribution < -0.4 is 5.73 Å². The first kappa shape index (κ1) is 13.5. The Morgan fingerprint density at radius 1 is 1.65 bits per heavy atom. The predicted octanol–water partition coefficient (Wildman–Crippen LogP) is 0.169. The van der Waals surface area contributed by atoms with Crippen molar-refractivity contribution in [1.82, 2.24) is 9.88 Å². The molecule has 0 saturated carbocycles. The molecule has 1 rings (SSSR count). The molecule has 1 aromatic rings. The molecule has 1 heterocycles. The summed E-state index contributed by atoms with van der Waals surface area (Å²) in [6.45, 7) is 1.66. The summed E-state index contributed by atoms with van der Waals surface area (Å²) in [5, 5.41) is 8.97. The molecule has 0 aliphatic carbocycles. The zero-order chi connectivity index (χ0) is 13.0. The van der Waals surface area contributed by atoms with E-state index in [0.717, 1.165) is 0 Å². The number of carbonyl (C=O) groups excluding carboxylic acids is 1. The van der Waals surface area contributed by atoms with Gasteiger partial charge in [0.25, 0.3) is 5.91 Å². The molecule has 0 radical (unpaired) electrons. The molecule has 1 amide bonds. The molecule has 0 bridgehead atoms. The molecule has 0 aliphatic rings. The molecule has 5 nitrogen and oxygen atoms in total. The summed E-state index contributed by atoms with van der Waals surface area (Å²) in [4.78, 5) is 17.6. The van der Waals surface area contributed by atoms with Gasteiger partial charge in [-0.1, -0.05) is 12.2 Å². The van der Waals surface area contributed by atoms with Gasteiger partial charge in [0.1, 0.15) is 10.7 Å². The minimum Gasteiger partial charge on any atom is -0.394 e. The Hall–Kier alpha value is -1.53. The lowest BCUT2D eigenvalue weighted by atomic mass is 10.2. The average molecular weight is 253 g/mol. The molecule has 3 N–H and O–H groups in total. The highest BCUT2D eigenvalue weighted by Crippen LogP contribution is 2.05. The molecule has 1 aromatic heterocycles. The van der Waals surface area contributed by atoms with Gasteiger partial charge < -0.3 is 15.7 Å². The molecule has 6 heteroatoms. The number of aromatic nitrogens is 1. The van der Waals surface area contributed by atoms with E-state index in [1.165, 1.54) is 11.1 Å². The number of thiocarbonyl (C=S) groups is 1. The fourth-order valence-corrected chi connectivity index (χ4v) is 1.29. The van der Waals surface area contributed by atoms with Gasteiger partial charge in [-0.3, -0.25) is 9.78 Å². The van der Waals surface area contributed by atoms with Gasteiger partial charge in [-0.15, -0.1) is 0 Å². The molecule has 17 heavy (non-hydrogen) atoms. The highest BCUT2D eigenvalue weighted by Gasteiger charge is 2.17. The minimum atomic E-state index is -0.250. The van der Waals surface area contributed by atoms with E-state index in [0.29, 0.717) is 11.3 Å². The van der Waals surface area contributed by atoms with E-state index in [1.807, 2.05) is 0 Å². The van der Waals surface area contributed by atoms with Crippen LogP contribution in [0.15, 0.2) is 18.3 Å². The van der Waals surface area contributed by atoms with Gasteiger partial charge in [-0.2, -0.15) is 0 Å². The molecule has 0 saturated heterocycles. The quantitative estimate of drug-likeness (QED) is 0.748. The smallest absolute Gasteiger partial charge is 0.272 e. The predicted molar refractivity (Wildman–Crippen MR) is 68.8 cm³/mol. The van der Waals surface area contributed by atoms with E-state index in [1.54, 1.807) is 26.1 Å². The van der Waals surface area contributed by atoms with Gasteiger partial charge in [0.2, 0.25) is 0 Å². The number of aliphatic hydroxyl groups excluding tert-OH is 1. The number of likely N-dealkylation sites (N-methyl/N-ethyl adjacent to an activating group) is 1. The van der Waals surface area contributed by atoms with Crippen molar-refractivity contribution in [2.24, 2.45) is 5.73 Å². The first-order valence-electron chi connectivity index (χ1n) is 5.11. The maximum absolute atomic E-state index is 11.9. The number of rotatable bonds is 4. The SMILES string of the molecule is CC(CO)N(C)C(=O)c1ccc(C(N)=S)cn1. The Labute approximate surface area is 105 Å². The van der Waals surface area contributed by atoms with Crippen molar-refractivity contribution in [3.63, 3.8) is 0 Å². The van der Waals surface area contributed by atoms with E-state index in [4.69, 9.17) is 23.1 Å². The van der Waals surface area contributed by atoms with E-state index >= 15 is 0 Å². The minimum absolute atomic E-state index is 0.0901. The number of amides is 1. The van der Waals surface area contributed by atoms with Crippen LogP contribution in [0.4, 0.5) is 0 Å². The topological polar surface area (TPSA) is 79.5 Å². The van der Waals surface area contributed by atoms with Crippen LogP contribution in [0.5, 0.6) is 0 Å². The van der Waals surface area contributed by atoms with Crippen LogP contribution in [-0.2, 0) is 0 Å². The van der Waals surface area contributed by atoms with E-state index in [2.05, 4.69) is 4.98 Å². The number of nitrogens with two attached hydrogens (primary N) is 1. The van der Waals surface area contributed by atoms with Crippen LogP contribution in [0.25, 0.3) is 0 Å². The van der Waals surface area contributed by atoms with Crippen LogP contribution in [0.1, 0.15) is 23.0 Å². The summed E-state index contributed by atoms with van der Waals surface area (Å²) in [6, 6.07) is 2.97. The number of hydrogen-bond acceptors (Lipinski definition) is 4. The Balaban J connectivity index is 2.86. The summed E-state index contributed by atoms with van der Waals surface area (Å²) in [5.74, 6) is -0.249. The Bertz CT molecular complexity index is 419. The fraction of sp³-hybridized carbons (Fsp3) is 0.364. The molecule has 0 fully saturated rings. The largest absolute Gasteiger partial charge is 0.394 e. The lowest BCUT2D eigenvalue weighted by molar-refractivity contribution is 0.0676. The van der Waals surface area contributed by atoms with Crippen molar-refractivity contribution < 1.29 is 9.90 Å². The molecule has 1 atom stereocenters. The van der Waals surface area contributed by atoms with Gasteiger partial charge in [0.05, 0.1) is 12.6 Å². The normalized spacial score (nSPS) is 11.9. The Kier molecular flexibility index (Phi) is 4.53. The lowest BCUT2D eigenvalue weighted by Crippen LogP contribution is -2.37. The van der Waals surface area contributed by atoms with Crippen LogP contribution in [0, 0.1) is 0 Å². The van der Waals surface area contributed by atoms with Crippen molar-refractivity contribution >= 4 is 23.1 Å². The highest BCUT2D eigenvalue weighted by molar-refractivity contribution is 7.80. The van der Waals surface area contributed by atoms with E-state index in [-0.39, 0.29) is 23.5 Å². The van der Waals surface area contributed by atoms with Crippen molar-refractivity contribution in [2.75, 3.05) is 13.7 Å². The van der Waals surface area contributed by atoms with Crippen LogP contribution in [-0.4, -0.2) is 45.6 Å². The van der Waals surface area contributed by atoms with Gasteiger partial charge >= 0.3 is 0 Å². The first-order valence-corrected chi connectivity index (χ1v) is 5.52. The molecular formula is C11H15N3O2S. The number of nitrogens with zero attached hydrogens (tertiary/aromatic N) is 2. The van der Waals surface area contributed by atoms with Crippen molar-refractivity contribution in [3.8, 4) is 0 Å². The summed E-state index contributed by atoms with van der Waals surface area (Å²) in [5.41, 5.74) is 6.35. The second kappa shape index (κ2) is 5.70. The van der Waals surface area contributed by atoms with Gasteiger partial charge in [0.15, 0.2) is 0 Å². The van der Waals surface area contributed by atoms with E-state index < -0.39 is 0 Å². The Morgan fingerprint density at radius 3 is 2.71 bits per heavy atom. The fourth-order valence-electron chi connectivity index (χ4n) is 1.17. The third-order valence-electron chi connectivity index (χ3n) is 2.51. The number of aliphatic hydroxyl groups is 1. The second-order valence-electron chi connectivity index (χ2n) is 3.74. The molecule has 0 aromatic carbocycles. The maximum atomic E-state index is 11.9. The average Bonchev–Trinajstić information content (AvgIpc) is 2.36. The summed E-state index contributed by atoms with van der Waals surface area (Å²) >= 11 is 4.79. The van der Waals surface area contributed by atoms with Crippen molar-refractivity contribution in [2.45, 2.75) is 13.0 Å². The molecule has 0 spiro atoms. The molecule has 1 unspecified atom stereocenters. The zero-order valence-corrected chi connectivity index (χ0v) is 10.6. The van der Waals surface area contributed by atoms with Crippen molar-refractivity contribution in [3.05, 3.63) is 29.6 Å². The monoisotopic (exact) mass is 253 g/mol. The third-order valence-corrected chi connectivity index (χ3v) is 2.75. The number of carbonyl (C=O) groups is 1. The van der Waals surface area contributed by atoms with Gasteiger partial charge in [-0.25, -0.2) is 0 Å². The Morgan fingerprint density at radius 2 is 2.29 bits per heavy atom. The molecule has 0 aliphatic heterocycles. The summed E-state index contributed by atoms with van der Waals surface area (Å²) < 4.78 is 0. The van der Waals surface area contributed by atoms with Gasteiger partial charge in [-0.05, 0) is 19.1 Å². The summed E-state index contributed by atoms with van der Waals surface area (Å²) in [6.07, 6.45) is 1.47. The zero-order valence-electron chi connectivity index (χ0n) is 9.75. The number of pyridine rings is 1. The van der Waals surface area contributed by atoms with Gasteiger partial charge in [0, 0.05) is 18.8 Å². The van der Waals surface area contributed by atoms with Crippen LogP contribution in [0.2, 0.25) is 0 Å². The second-order valence-corrected chi connectivity index (χ2v) is 4.18. The highest BCUT2D eigenvalue weighted by atomic mass is 32.1. The third kappa shape index (κ3) is 3.21. The molecular weight excluding hydrogens is 238 g/mol. The number of hydrogen-bond donors (Lipinski definition) is 2. The summed E-state index contributed by atoms with van der Waals surface area (Å²) in [7, 11) is 1.62. The van der Waals surface area contributed by atoms with E-state index in [9.17, 15) is 4.79 Å². The first-order chi connectivity index (χ1) is 7.97. The maximum Gasteiger partial charge on any atom is 0.272 e.